The lowest BCUT2D eigenvalue weighted by Gasteiger charge is -2.11. The molecule has 0 fully saturated rings. The predicted molar refractivity (Wildman–Crippen MR) is 63.4 cm³/mol. The zero-order valence-electron chi connectivity index (χ0n) is 11.0. The summed E-state index contributed by atoms with van der Waals surface area (Å²) < 4.78 is 9.45. The number of carbonyl (C=O) groups excluding carboxylic acids is 2. The largest absolute Gasteiger partial charge is 0.465 e. The first-order valence-corrected chi connectivity index (χ1v) is 5.50. The van der Waals surface area contributed by atoms with Crippen LogP contribution in [0.15, 0.2) is 0 Å². The van der Waals surface area contributed by atoms with E-state index >= 15 is 0 Å². The first-order valence-electron chi connectivity index (χ1n) is 5.50. The molecule has 0 unspecified atom stereocenters. The van der Waals surface area contributed by atoms with E-state index in [0.717, 1.165) is 0 Å². The van der Waals surface area contributed by atoms with Crippen LogP contribution in [0.2, 0.25) is 0 Å². The molecule has 0 heterocycles. The lowest BCUT2D eigenvalue weighted by atomic mass is 10.1. The molecule has 0 aliphatic rings. The molecule has 0 rings (SSSR count). The fraction of sp³-hybridized carbons (Fsp3) is 0.818. The van der Waals surface area contributed by atoms with Crippen LogP contribution in [-0.2, 0) is 19.1 Å². The second kappa shape index (κ2) is 13.9. The number of hydrogen-bond acceptors (Lipinski definition) is 5. The van der Waals surface area contributed by atoms with Gasteiger partial charge in [0.15, 0.2) is 5.92 Å². The maximum Gasteiger partial charge on any atom is 0.320 e. The Labute approximate surface area is 98.1 Å². The van der Waals surface area contributed by atoms with Crippen molar-refractivity contribution in [3.8, 4) is 0 Å². The standard InChI is InChI=1S/C9H16O4.C2H6.H3N/c1-4-7(8(10)12-5-2)9(11)13-6-3;1-2;/h7H,4-6H2,1-3H3;1-2H3;1H3. The van der Waals surface area contributed by atoms with Crippen molar-refractivity contribution in [2.45, 2.75) is 41.0 Å². The zero-order chi connectivity index (χ0) is 12.3. The van der Waals surface area contributed by atoms with Crippen molar-refractivity contribution < 1.29 is 19.1 Å². The van der Waals surface area contributed by atoms with Crippen molar-refractivity contribution in [3.63, 3.8) is 0 Å². The van der Waals surface area contributed by atoms with Gasteiger partial charge in [-0.1, -0.05) is 20.8 Å². The van der Waals surface area contributed by atoms with Crippen molar-refractivity contribution in [3.05, 3.63) is 0 Å². The van der Waals surface area contributed by atoms with E-state index in [2.05, 4.69) is 0 Å². The van der Waals surface area contributed by atoms with E-state index in [-0.39, 0.29) is 19.4 Å². The summed E-state index contributed by atoms with van der Waals surface area (Å²) in [5.41, 5.74) is 0. The fourth-order valence-electron chi connectivity index (χ4n) is 0.915. The van der Waals surface area contributed by atoms with Gasteiger partial charge in [0.1, 0.15) is 0 Å². The Morgan fingerprint density at radius 2 is 1.25 bits per heavy atom. The molecule has 0 atom stereocenters. The smallest absolute Gasteiger partial charge is 0.320 e. The van der Waals surface area contributed by atoms with E-state index in [0.29, 0.717) is 6.42 Å². The van der Waals surface area contributed by atoms with Crippen LogP contribution in [-0.4, -0.2) is 25.2 Å². The first-order chi connectivity index (χ1) is 7.17. The van der Waals surface area contributed by atoms with Gasteiger partial charge in [-0.3, -0.25) is 9.59 Å². The van der Waals surface area contributed by atoms with Gasteiger partial charge in [-0.15, -0.1) is 0 Å². The van der Waals surface area contributed by atoms with E-state index in [9.17, 15) is 9.59 Å². The molecule has 0 saturated carbocycles. The van der Waals surface area contributed by atoms with Gasteiger partial charge >= 0.3 is 11.9 Å². The Balaban J connectivity index is -0.000000529. The first kappa shape index (κ1) is 20.3. The summed E-state index contributed by atoms with van der Waals surface area (Å²) in [4.78, 5) is 22.3. The third kappa shape index (κ3) is 8.23. The van der Waals surface area contributed by atoms with Gasteiger partial charge < -0.3 is 15.6 Å². The summed E-state index contributed by atoms with van der Waals surface area (Å²) in [7, 11) is 0. The Hall–Kier alpha value is -1.10. The van der Waals surface area contributed by atoms with Crippen molar-refractivity contribution in [1.82, 2.24) is 6.15 Å². The molecule has 0 aromatic heterocycles. The van der Waals surface area contributed by atoms with Crippen LogP contribution < -0.4 is 6.15 Å². The average Bonchev–Trinajstić information content (AvgIpc) is 2.22. The lowest BCUT2D eigenvalue weighted by molar-refractivity contribution is -0.161. The maximum atomic E-state index is 11.2. The highest BCUT2D eigenvalue weighted by atomic mass is 16.6. The van der Waals surface area contributed by atoms with E-state index in [4.69, 9.17) is 9.47 Å². The molecule has 0 aromatic carbocycles. The monoisotopic (exact) mass is 235 g/mol. The summed E-state index contributed by atoms with van der Waals surface area (Å²) >= 11 is 0. The lowest BCUT2D eigenvalue weighted by Crippen LogP contribution is -2.27. The molecule has 0 spiro atoms. The Bertz CT molecular complexity index is 165. The minimum atomic E-state index is -0.764. The van der Waals surface area contributed by atoms with Crippen LogP contribution in [0, 0.1) is 5.92 Å². The van der Waals surface area contributed by atoms with Crippen molar-refractivity contribution in [2.24, 2.45) is 5.92 Å². The summed E-state index contributed by atoms with van der Waals surface area (Å²) in [6, 6.07) is 0. The average molecular weight is 235 g/mol. The van der Waals surface area contributed by atoms with Crippen LogP contribution >= 0.6 is 0 Å². The van der Waals surface area contributed by atoms with Crippen LogP contribution in [0.4, 0.5) is 0 Å². The SMILES string of the molecule is CC.CCOC(=O)C(CC)C(=O)OCC.N. The van der Waals surface area contributed by atoms with Crippen LogP contribution in [0.5, 0.6) is 0 Å². The van der Waals surface area contributed by atoms with Crippen LogP contribution in [0.3, 0.4) is 0 Å². The van der Waals surface area contributed by atoms with E-state index in [1.807, 2.05) is 13.8 Å². The number of carbonyl (C=O) groups is 2. The van der Waals surface area contributed by atoms with Gasteiger partial charge in [-0.25, -0.2) is 0 Å². The maximum absolute atomic E-state index is 11.2. The van der Waals surface area contributed by atoms with Gasteiger partial charge in [0, 0.05) is 0 Å². The van der Waals surface area contributed by atoms with Gasteiger partial charge in [0.25, 0.3) is 0 Å². The normalized spacial score (nSPS) is 8.38. The molecule has 0 aliphatic carbocycles. The molecular weight excluding hydrogens is 210 g/mol. The summed E-state index contributed by atoms with van der Waals surface area (Å²) in [6.45, 7) is 9.73. The second-order valence-corrected chi connectivity index (χ2v) is 2.46. The molecule has 0 radical (unpaired) electrons. The van der Waals surface area contributed by atoms with E-state index in [1.54, 1.807) is 20.8 Å². The molecular formula is C11H25NO4. The molecule has 16 heavy (non-hydrogen) atoms. The van der Waals surface area contributed by atoms with Gasteiger partial charge in [-0.2, -0.15) is 0 Å². The Morgan fingerprint density at radius 1 is 0.938 bits per heavy atom. The number of hydrogen-bond donors (Lipinski definition) is 1. The third-order valence-electron chi connectivity index (χ3n) is 1.55. The zero-order valence-corrected chi connectivity index (χ0v) is 11.0. The van der Waals surface area contributed by atoms with Crippen molar-refractivity contribution in [1.29, 1.82) is 0 Å². The molecule has 5 nitrogen and oxygen atoms in total. The molecule has 0 saturated heterocycles. The predicted octanol–water partition coefficient (Wildman–Crippen LogP) is 2.33. The molecule has 98 valence electrons. The minimum Gasteiger partial charge on any atom is -0.465 e. The number of esters is 2. The summed E-state index contributed by atoms with van der Waals surface area (Å²) in [5.74, 6) is -1.76. The fourth-order valence-corrected chi connectivity index (χ4v) is 0.915. The van der Waals surface area contributed by atoms with Gasteiger partial charge in [0.05, 0.1) is 13.2 Å². The highest BCUT2D eigenvalue weighted by Crippen LogP contribution is 2.07. The van der Waals surface area contributed by atoms with Gasteiger partial charge in [-0.05, 0) is 20.3 Å². The molecule has 0 amide bonds. The van der Waals surface area contributed by atoms with Crippen molar-refractivity contribution >= 4 is 11.9 Å². The highest BCUT2D eigenvalue weighted by Gasteiger charge is 2.27. The second-order valence-electron chi connectivity index (χ2n) is 2.46. The van der Waals surface area contributed by atoms with Crippen LogP contribution in [0.25, 0.3) is 0 Å². The summed E-state index contributed by atoms with van der Waals surface area (Å²) in [5, 5.41) is 0. The van der Waals surface area contributed by atoms with E-state index < -0.39 is 17.9 Å². The van der Waals surface area contributed by atoms with Gasteiger partial charge in [0.2, 0.25) is 0 Å². The molecule has 0 aliphatic heterocycles. The Kier molecular flexibility index (Phi) is 17.7. The molecule has 0 bridgehead atoms. The topological polar surface area (TPSA) is 87.6 Å². The number of rotatable bonds is 5. The number of ether oxygens (including phenoxy) is 2. The molecule has 3 N–H and O–H groups in total. The summed E-state index contributed by atoms with van der Waals surface area (Å²) in [6.07, 6.45) is 0.414. The van der Waals surface area contributed by atoms with E-state index in [1.165, 1.54) is 0 Å². The third-order valence-corrected chi connectivity index (χ3v) is 1.55. The minimum absolute atomic E-state index is 0. The van der Waals surface area contributed by atoms with Crippen molar-refractivity contribution in [2.75, 3.05) is 13.2 Å². The highest BCUT2D eigenvalue weighted by molar-refractivity contribution is 5.94. The molecule has 0 aromatic rings. The Morgan fingerprint density at radius 3 is 1.44 bits per heavy atom. The quantitative estimate of drug-likeness (QED) is 0.583. The van der Waals surface area contributed by atoms with Crippen LogP contribution in [0.1, 0.15) is 41.0 Å². The molecule has 5 heteroatoms.